The van der Waals surface area contributed by atoms with E-state index in [0.717, 1.165) is 22.4 Å². The number of rotatable bonds is 4. The molecule has 22 heavy (non-hydrogen) atoms. The summed E-state index contributed by atoms with van der Waals surface area (Å²) >= 11 is 0. The Hall–Kier alpha value is -1.56. The third-order valence-electron chi connectivity index (χ3n) is 4.11. The zero-order valence-corrected chi connectivity index (χ0v) is 12.1. The Labute approximate surface area is 127 Å². The maximum atomic E-state index is 12.6. The molecule has 1 aromatic rings. The van der Waals surface area contributed by atoms with Crippen LogP contribution in [0.25, 0.3) is 0 Å². The standard InChI is InChI=1S/C16H18F3NO2/c17-16(18,19)10-20(12-5-6-12)15(21)9-14-13-4-2-1-3-11(13)7-8-22-14/h1-4,12,14H,5-10H2/t14-/m0/s1. The van der Waals surface area contributed by atoms with Crippen molar-refractivity contribution in [2.75, 3.05) is 13.2 Å². The van der Waals surface area contributed by atoms with Gasteiger partial charge in [-0.2, -0.15) is 13.2 Å². The summed E-state index contributed by atoms with van der Waals surface area (Å²) in [7, 11) is 0. The topological polar surface area (TPSA) is 29.5 Å². The Morgan fingerprint density at radius 1 is 1.27 bits per heavy atom. The molecular formula is C16H18F3NO2. The predicted octanol–water partition coefficient (Wildman–Crippen LogP) is 3.24. The number of amides is 1. The fourth-order valence-electron chi connectivity index (χ4n) is 2.92. The molecule has 0 aromatic heterocycles. The number of ether oxygens (including phenoxy) is 1. The van der Waals surface area contributed by atoms with Crippen LogP contribution in [0, 0.1) is 0 Å². The summed E-state index contributed by atoms with van der Waals surface area (Å²) < 4.78 is 43.6. The SMILES string of the molecule is O=C(C[C@@H]1OCCc2ccccc21)N(CC(F)(F)F)C1CC1. The number of hydrogen-bond donors (Lipinski definition) is 0. The van der Waals surface area contributed by atoms with E-state index in [0.29, 0.717) is 19.4 Å². The molecule has 1 amide bonds. The molecule has 1 aliphatic heterocycles. The lowest BCUT2D eigenvalue weighted by molar-refractivity contribution is -0.164. The smallest absolute Gasteiger partial charge is 0.373 e. The van der Waals surface area contributed by atoms with Crippen LogP contribution in [0.1, 0.15) is 36.5 Å². The van der Waals surface area contributed by atoms with Gasteiger partial charge < -0.3 is 9.64 Å². The second-order valence-corrected chi connectivity index (χ2v) is 5.88. The van der Waals surface area contributed by atoms with Crippen molar-refractivity contribution < 1.29 is 22.7 Å². The fraction of sp³-hybridized carbons (Fsp3) is 0.562. The van der Waals surface area contributed by atoms with Gasteiger partial charge in [-0.05, 0) is 30.4 Å². The molecule has 0 unspecified atom stereocenters. The van der Waals surface area contributed by atoms with Crippen LogP contribution in [0.3, 0.4) is 0 Å². The van der Waals surface area contributed by atoms with Crippen LogP contribution in [0.5, 0.6) is 0 Å². The lowest BCUT2D eigenvalue weighted by Crippen LogP contribution is -2.41. The monoisotopic (exact) mass is 313 g/mol. The minimum absolute atomic E-state index is 0.0242. The number of carbonyl (C=O) groups excluding carboxylic acids is 1. The maximum Gasteiger partial charge on any atom is 0.406 e. The molecule has 2 aliphatic rings. The molecule has 1 fully saturated rings. The molecule has 0 bridgehead atoms. The Morgan fingerprint density at radius 3 is 2.68 bits per heavy atom. The third-order valence-corrected chi connectivity index (χ3v) is 4.11. The van der Waals surface area contributed by atoms with Crippen molar-refractivity contribution in [2.45, 2.75) is 44.0 Å². The highest BCUT2D eigenvalue weighted by Crippen LogP contribution is 2.34. The summed E-state index contributed by atoms with van der Waals surface area (Å²) in [6.45, 7) is -0.664. The summed E-state index contributed by atoms with van der Waals surface area (Å²) in [4.78, 5) is 13.3. The number of fused-ring (bicyclic) bond motifs is 1. The normalized spacial score (nSPS) is 21.3. The molecule has 0 N–H and O–H groups in total. The van der Waals surface area contributed by atoms with Gasteiger partial charge in [0.1, 0.15) is 6.54 Å². The van der Waals surface area contributed by atoms with Gasteiger partial charge in [0.15, 0.2) is 0 Å². The summed E-state index contributed by atoms with van der Waals surface area (Å²) in [5, 5.41) is 0. The average Bonchev–Trinajstić information content (AvgIpc) is 3.29. The van der Waals surface area contributed by atoms with Crippen molar-refractivity contribution in [1.29, 1.82) is 0 Å². The van der Waals surface area contributed by atoms with E-state index >= 15 is 0 Å². The molecule has 1 saturated carbocycles. The molecule has 1 aromatic carbocycles. The Kier molecular flexibility index (Phi) is 4.12. The highest BCUT2D eigenvalue weighted by Gasteiger charge is 2.41. The van der Waals surface area contributed by atoms with Crippen molar-refractivity contribution in [3.63, 3.8) is 0 Å². The molecule has 120 valence electrons. The van der Waals surface area contributed by atoms with Gasteiger partial charge in [-0.3, -0.25) is 4.79 Å². The van der Waals surface area contributed by atoms with E-state index in [1.54, 1.807) is 0 Å². The van der Waals surface area contributed by atoms with Crippen molar-refractivity contribution >= 4 is 5.91 Å². The van der Waals surface area contributed by atoms with Crippen molar-refractivity contribution in [3.05, 3.63) is 35.4 Å². The first kappa shape index (κ1) is 15.3. The van der Waals surface area contributed by atoms with Gasteiger partial charge in [-0.15, -0.1) is 0 Å². The highest BCUT2D eigenvalue weighted by atomic mass is 19.4. The number of benzene rings is 1. The molecule has 1 aliphatic carbocycles. The van der Waals surface area contributed by atoms with Crippen LogP contribution in [0.15, 0.2) is 24.3 Å². The minimum atomic E-state index is -4.36. The molecule has 0 radical (unpaired) electrons. The van der Waals surface area contributed by atoms with Crippen molar-refractivity contribution in [3.8, 4) is 0 Å². The van der Waals surface area contributed by atoms with E-state index in [-0.39, 0.29) is 12.5 Å². The van der Waals surface area contributed by atoms with Crippen LogP contribution in [-0.4, -0.2) is 36.2 Å². The molecule has 1 heterocycles. The third kappa shape index (κ3) is 3.61. The zero-order chi connectivity index (χ0) is 15.7. The largest absolute Gasteiger partial charge is 0.406 e. The van der Waals surface area contributed by atoms with Crippen LogP contribution in [-0.2, 0) is 16.0 Å². The van der Waals surface area contributed by atoms with Gasteiger partial charge in [0.05, 0.1) is 19.1 Å². The Morgan fingerprint density at radius 2 is 2.00 bits per heavy atom. The summed E-state index contributed by atoms with van der Waals surface area (Å²) in [5.74, 6) is -0.471. The average molecular weight is 313 g/mol. The fourth-order valence-corrected chi connectivity index (χ4v) is 2.92. The number of halogens is 3. The van der Waals surface area contributed by atoms with E-state index in [2.05, 4.69) is 0 Å². The molecule has 0 saturated heterocycles. The Bertz CT molecular complexity index is 555. The minimum Gasteiger partial charge on any atom is -0.373 e. The number of alkyl halides is 3. The van der Waals surface area contributed by atoms with E-state index in [1.807, 2.05) is 24.3 Å². The van der Waals surface area contributed by atoms with E-state index < -0.39 is 24.7 Å². The van der Waals surface area contributed by atoms with Gasteiger partial charge in [-0.1, -0.05) is 24.3 Å². The van der Waals surface area contributed by atoms with Crippen LogP contribution >= 0.6 is 0 Å². The molecule has 3 nitrogen and oxygen atoms in total. The van der Waals surface area contributed by atoms with Gasteiger partial charge in [0, 0.05) is 6.04 Å². The maximum absolute atomic E-state index is 12.6. The van der Waals surface area contributed by atoms with Crippen LogP contribution < -0.4 is 0 Å². The number of nitrogens with zero attached hydrogens (tertiary/aromatic N) is 1. The van der Waals surface area contributed by atoms with E-state index in [9.17, 15) is 18.0 Å². The second-order valence-electron chi connectivity index (χ2n) is 5.88. The van der Waals surface area contributed by atoms with E-state index in [4.69, 9.17) is 4.74 Å². The van der Waals surface area contributed by atoms with Gasteiger partial charge >= 0.3 is 6.18 Å². The molecule has 1 atom stereocenters. The number of hydrogen-bond acceptors (Lipinski definition) is 2. The molecule has 0 spiro atoms. The molecule has 6 heteroatoms. The lowest BCUT2D eigenvalue weighted by atomic mass is 9.95. The summed E-state index contributed by atoms with van der Waals surface area (Å²) in [6, 6.07) is 7.39. The first-order valence-corrected chi connectivity index (χ1v) is 7.49. The second kappa shape index (κ2) is 5.91. The number of carbonyl (C=O) groups is 1. The van der Waals surface area contributed by atoms with Gasteiger partial charge in [0.2, 0.25) is 5.91 Å². The highest BCUT2D eigenvalue weighted by molar-refractivity contribution is 5.77. The van der Waals surface area contributed by atoms with Crippen molar-refractivity contribution in [2.24, 2.45) is 0 Å². The molecular weight excluding hydrogens is 295 g/mol. The first-order chi connectivity index (χ1) is 10.4. The predicted molar refractivity (Wildman–Crippen MR) is 74.2 cm³/mol. The zero-order valence-electron chi connectivity index (χ0n) is 12.1. The lowest BCUT2D eigenvalue weighted by Gasteiger charge is -2.29. The van der Waals surface area contributed by atoms with Gasteiger partial charge in [-0.25, -0.2) is 0 Å². The van der Waals surface area contributed by atoms with Crippen molar-refractivity contribution in [1.82, 2.24) is 4.90 Å². The Balaban J connectivity index is 1.71. The molecule has 3 rings (SSSR count). The van der Waals surface area contributed by atoms with Crippen LogP contribution in [0.4, 0.5) is 13.2 Å². The van der Waals surface area contributed by atoms with Crippen LogP contribution in [0.2, 0.25) is 0 Å². The summed E-state index contributed by atoms with van der Waals surface area (Å²) in [5.41, 5.74) is 2.03. The summed E-state index contributed by atoms with van der Waals surface area (Å²) in [6.07, 6.45) is -2.73. The van der Waals surface area contributed by atoms with E-state index in [1.165, 1.54) is 0 Å². The first-order valence-electron chi connectivity index (χ1n) is 7.49. The van der Waals surface area contributed by atoms with Gasteiger partial charge in [0.25, 0.3) is 0 Å². The quantitative estimate of drug-likeness (QED) is 0.854.